The van der Waals surface area contributed by atoms with Crippen molar-refractivity contribution in [2.45, 2.75) is 0 Å². The van der Waals surface area contributed by atoms with Gasteiger partial charge in [0.05, 0.1) is 0 Å². The van der Waals surface area contributed by atoms with Gasteiger partial charge in [-0.3, -0.25) is 9.11 Å². The van der Waals surface area contributed by atoms with E-state index in [1.807, 2.05) is 0 Å². The first kappa shape index (κ1) is 15.9. The first-order chi connectivity index (χ1) is 2.00. The zero-order valence-electron chi connectivity index (χ0n) is 3.83. The third-order valence-corrected chi connectivity index (χ3v) is 0. The van der Waals surface area contributed by atoms with Crippen LogP contribution in [0.15, 0.2) is 0 Å². The Labute approximate surface area is 83.4 Å². The molecular formula is H2CaLiO4S+3. The Balaban J connectivity index is -0.0000000800. The van der Waals surface area contributed by atoms with Gasteiger partial charge in [0, 0.05) is 0 Å². The molecule has 0 amide bonds. The molecule has 0 aromatic rings. The molecule has 4 nitrogen and oxygen atoms in total. The van der Waals surface area contributed by atoms with Crippen molar-refractivity contribution >= 4 is 48.1 Å². The largest absolute Gasteiger partial charge is 2.00 e. The van der Waals surface area contributed by atoms with Crippen LogP contribution >= 0.6 is 0 Å². The molecule has 7 heavy (non-hydrogen) atoms. The van der Waals surface area contributed by atoms with Crippen molar-refractivity contribution in [1.82, 2.24) is 0 Å². The first-order valence-corrected chi connectivity index (χ1v) is 2.10. The fraction of sp³-hybridized carbons (Fsp3) is 0. The fourth-order valence-electron chi connectivity index (χ4n) is 0. The standard InChI is InChI=1S/Ca.Li.H2O4S/c;;1-5(2,3)4/h;;(H2,1,2,3,4)/q+2;+1;. The van der Waals surface area contributed by atoms with Gasteiger partial charge in [0.1, 0.15) is 0 Å². The van der Waals surface area contributed by atoms with E-state index < -0.39 is 10.4 Å². The molecule has 0 aliphatic heterocycles. The molecule has 0 aromatic heterocycles. The van der Waals surface area contributed by atoms with Crippen molar-refractivity contribution in [3.05, 3.63) is 0 Å². The van der Waals surface area contributed by atoms with Crippen LogP contribution in [0.2, 0.25) is 0 Å². The third kappa shape index (κ3) is 85.0. The van der Waals surface area contributed by atoms with Crippen molar-refractivity contribution in [3.63, 3.8) is 0 Å². The SMILES string of the molecule is O=S(=O)(O)O.[Ca+2].[Li+]. The monoisotopic (exact) mass is 145 g/mol. The molecule has 0 atom stereocenters. The van der Waals surface area contributed by atoms with E-state index in [1.54, 1.807) is 0 Å². The molecule has 0 unspecified atom stereocenters. The number of rotatable bonds is 0. The maximum absolute atomic E-state index is 8.74. The summed E-state index contributed by atoms with van der Waals surface area (Å²) in [6, 6.07) is 0. The van der Waals surface area contributed by atoms with Gasteiger partial charge in [-0.25, -0.2) is 0 Å². The second-order valence-corrected chi connectivity index (χ2v) is 1.34. The summed E-state index contributed by atoms with van der Waals surface area (Å²) in [5.74, 6) is 0. The molecule has 0 rings (SSSR count). The summed E-state index contributed by atoms with van der Waals surface area (Å²) in [6.45, 7) is 0. The van der Waals surface area contributed by atoms with E-state index >= 15 is 0 Å². The number of hydrogen-bond donors (Lipinski definition) is 2. The molecule has 2 N–H and O–H groups in total. The minimum Gasteiger partial charge on any atom is -0.264 e. The van der Waals surface area contributed by atoms with Gasteiger partial charge < -0.3 is 0 Å². The molecule has 7 heteroatoms. The van der Waals surface area contributed by atoms with Crippen molar-refractivity contribution in [2.75, 3.05) is 0 Å². The average molecular weight is 145 g/mol. The Bertz CT molecular complexity index is 94.9. The Morgan fingerprint density at radius 2 is 1.14 bits per heavy atom. The molecule has 0 spiro atoms. The van der Waals surface area contributed by atoms with E-state index in [0.29, 0.717) is 0 Å². The van der Waals surface area contributed by atoms with Crippen molar-refractivity contribution in [1.29, 1.82) is 0 Å². The van der Waals surface area contributed by atoms with Gasteiger partial charge in [-0.05, 0) is 0 Å². The predicted octanol–water partition coefficient (Wildman–Crippen LogP) is -4.03. The van der Waals surface area contributed by atoms with Crippen LogP contribution in [0, 0.1) is 0 Å². The summed E-state index contributed by atoms with van der Waals surface area (Å²) in [6.07, 6.45) is 0. The van der Waals surface area contributed by atoms with Crippen LogP contribution in [0.1, 0.15) is 0 Å². The van der Waals surface area contributed by atoms with Gasteiger partial charge in [-0.15, -0.1) is 0 Å². The molecule has 0 fully saturated rings. The van der Waals surface area contributed by atoms with Crippen LogP contribution < -0.4 is 18.9 Å². The Hall–Kier alpha value is 1.73. The molecule has 0 aliphatic carbocycles. The maximum atomic E-state index is 8.74. The van der Waals surface area contributed by atoms with Crippen molar-refractivity contribution in [3.8, 4) is 0 Å². The molecule has 0 aliphatic rings. The van der Waals surface area contributed by atoms with Crippen LogP contribution in [-0.2, 0) is 10.4 Å². The molecule has 0 aromatic carbocycles. The minimum absolute atomic E-state index is 0. The van der Waals surface area contributed by atoms with E-state index in [0.717, 1.165) is 0 Å². The zero-order chi connectivity index (χ0) is 4.50. The number of hydrogen-bond acceptors (Lipinski definition) is 2. The van der Waals surface area contributed by atoms with Gasteiger partial charge in [0.25, 0.3) is 0 Å². The predicted molar refractivity (Wildman–Crippen MR) is 19.9 cm³/mol. The van der Waals surface area contributed by atoms with Crippen LogP contribution in [0.3, 0.4) is 0 Å². The van der Waals surface area contributed by atoms with Gasteiger partial charge in [0.15, 0.2) is 0 Å². The summed E-state index contributed by atoms with van der Waals surface area (Å²) in [4.78, 5) is 0. The summed E-state index contributed by atoms with van der Waals surface area (Å²) in [5.41, 5.74) is 0. The topological polar surface area (TPSA) is 74.6 Å². The Kier molecular flexibility index (Phi) is 13.3. The maximum Gasteiger partial charge on any atom is 2.00 e. The Morgan fingerprint density at radius 1 is 1.14 bits per heavy atom. The molecule has 0 heterocycles. The van der Waals surface area contributed by atoms with Crippen molar-refractivity contribution in [2.24, 2.45) is 0 Å². The molecule has 32 valence electrons. The summed E-state index contributed by atoms with van der Waals surface area (Å²) in [5, 5.41) is 0. The van der Waals surface area contributed by atoms with Gasteiger partial charge in [0.2, 0.25) is 0 Å². The van der Waals surface area contributed by atoms with Gasteiger partial charge >= 0.3 is 67.0 Å². The van der Waals surface area contributed by atoms with Gasteiger partial charge in [-0.1, -0.05) is 0 Å². The molecular weight excluding hydrogens is 143 g/mol. The minimum atomic E-state index is -4.67. The smallest absolute Gasteiger partial charge is 0.264 e. The summed E-state index contributed by atoms with van der Waals surface area (Å²) in [7, 11) is -4.67. The molecule has 0 saturated carbocycles. The molecule has 0 bridgehead atoms. The van der Waals surface area contributed by atoms with Crippen LogP contribution in [0.4, 0.5) is 0 Å². The van der Waals surface area contributed by atoms with Crippen LogP contribution in [0.5, 0.6) is 0 Å². The normalized spacial score (nSPS) is 8.29. The van der Waals surface area contributed by atoms with E-state index in [2.05, 4.69) is 0 Å². The zero-order valence-corrected chi connectivity index (χ0v) is 6.85. The van der Waals surface area contributed by atoms with E-state index in [-0.39, 0.29) is 56.6 Å². The van der Waals surface area contributed by atoms with Crippen LogP contribution in [-0.4, -0.2) is 55.3 Å². The van der Waals surface area contributed by atoms with Crippen molar-refractivity contribution < 1.29 is 36.4 Å². The molecule has 0 saturated heterocycles. The van der Waals surface area contributed by atoms with Gasteiger partial charge in [-0.2, -0.15) is 8.42 Å². The summed E-state index contributed by atoms with van der Waals surface area (Å²) >= 11 is 0. The Morgan fingerprint density at radius 3 is 1.14 bits per heavy atom. The fourth-order valence-corrected chi connectivity index (χ4v) is 0. The molecule has 0 radical (unpaired) electrons. The first-order valence-electron chi connectivity index (χ1n) is 0.698. The third-order valence-electron chi connectivity index (χ3n) is 0. The van der Waals surface area contributed by atoms with E-state index in [9.17, 15) is 0 Å². The van der Waals surface area contributed by atoms with E-state index in [4.69, 9.17) is 17.5 Å². The average Bonchev–Trinajstić information content (AvgIpc) is 0.722. The quantitative estimate of drug-likeness (QED) is 0.269. The van der Waals surface area contributed by atoms with Crippen LogP contribution in [0.25, 0.3) is 0 Å². The second kappa shape index (κ2) is 5.86. The van der Waals surface area contributed by atoms with E-state index in [1.165, 1.54) is 0 Å². The summed E-state index contributed by atoms with van der Waals surface area (Å²) < 4.78 is 31.6. The second-order valence-electron chi connectivity index (χ2n) is 0.448.